The van der Waals surface area contributed by atoms with Crippen molar-refractivity contribution in [1.82, 2.24) is 0 Å². The van der Waals surface area contributed by atoms with E-state index in [2.05, 4.69) is 107 Å². The molecule has 0 radical (unpaired) electrons. The third kappa shape index (κ3) is 5.58. The number of benzene rings is 6. The highest BCUT2D eigenvalue weighted by molar-refractivity contribution is 5.90. The second-order valence-corrected chi connectivity index (χ2v) is 9.63. The Morgan fingerprint density at radius 3 is 1.12 bits per heavy atom. The molecule has 0 amide bonds. The number of rotatable bonds is 8. The zero-order valence-electron chi connectivity index (χ0n) is 22.3. The third-order valence-electron chi connectivity index (χ3n) is 6.98. The molecule has 0 aliphatic heterocycles. The van der Waals surface area contributed by atoms with E-state index in [0.717, 1.165) is 45.3 Å². The second-order valence-electron chi connectivity index (χ2n) is 9.63. The van der Waals surface area contributed by atoms with Crippen LogP contribution in [-0.4, -0.2) is 11.1 Å². The molecule has 1 N–H and O–H groups in total. The molecule has 0 aromatic heterocycles. The first-order chi connectivity index (χ1) is 20.2. The van der Waals surface area contributed by atoms with E-state index in [4.69, 9.17) is 0 Å². The molecule has 4 heteroatoms. The number of anilines is 6. The van der Waals surface area contributed by atoms with Gasteiger partial charge in [-0.3, -0.25) is 0 Å². The molecule has 6 aromatic carbocycles. The molecule has 0 saturated heterocycles. The number of hydrogen-bond acceptors (Lipinski definition) is 3. The monoisotopic (exact) mass is 532 g/mol. The van der Waals surface area contributed by atoms with Crippen molar-refractivity contribution < 1.29 is 9.90 Å². The lowest BCUT2D eigenvalue weighted by atomic mass is 10.0. The van der Waals surface area contributed by atoms with Crippen LogP contribution in [0.2, 0.25) is 0 Å². The Morgan fingerprint density at radius 1 is 0.390 bits per heavy atom. The Hall–Kier alpha value is -5.61. The van der Waals surface area contributed by atoms with Crippen LogP contribution >= 0.6 is 0 Å². The van der Waals surface area contributed by atoms with Gasteiger partial charge in [0.25, 0.3) is 0 Å². The Balaban J connectivity index is 1.32. The Bertz CT molecular complexity index is 1700. The fourth-order valence-corrected chi connectivity index (χ4v) is 5.01. The van der Waals surface area contributed by atoms with Crippen molar-refractivity contribution in [2.45, 2.75) is 0 Å². The quantitative estimate of drug-likeness (QED) is 0.212. The predicted octanol–water partition coefficient (Wildman–Crippen LogP) is 9.99. The minimum Gasteiger partial charge on any atom is -0.478 e. The number of hydrogen-bond donors (Lipinski definition) is 1. The molecular formula is C37H28N2O2. The van der Waals surface area contributed by atoms with Gasteiger partial charge in [0.1, 0.15) is 0 Å². The summed E-state index contributed by atoms with van der Waals surface area (Å²) in [5, 5.41) is 9.56. The maximum absolute atomic E-state index is 11.7. The number of carboxylic acid groups (broad SMARTS) is 1. The Kier molecular flexibility index (Phi) is 7.28. The van der Waals surface area contributed by atoms with Gasteiger partial charge >= 0.3 is 5.97 Å². The minimum absolute atomic E-state index is 0.250. The van der Waals surface area contributed by atoms with E-state index in [-0.39, 0.29) is 5.56 Å². The number of nitrogens with zero attached hydrogens (tertiary/aromatic N) is 2. The third-order valence-corrected chi connectivity index (χ3v) is 6.98. The van der Waals surface area contributed by atoms with Crippen molar-refractivity contribution >= 4 is 40.1 Å². The van der Waals surface area contributed by atoms with Gasteiger partial charge in [-0.05, 0) is 90.0 Å². The first-order valence-electron chi connectivity index (χ1n) is 13.5. The zero-order chi connectivity index (χ0) is 28.0. The smallest absolute Gasteiger partial charge is 0.335 e. The van der Waals surface area contributed by atoms with Gasteiger partial charge in [-0.1, -0.05) is 84.9 Å². The molecule has 0 spiro atoms. The van der Waals surface area contributed by atoms with Crippen molar-refractivity contribution in [1.29, 1.82) is 0 Å². The summed E-state index contributed by atoms with van der Waals surface area (Å²) in [6.07, 6.45) is 0. The number of carboxylic acids is 1. The molecule has 0 heterocycles. The summed E-state index contributed by atoms with van der Waals surface area (Å²) in [6, 6.07) is 54.7. The van der Waals surface area contributed by atoms with Gasteiger partial charge in [-0.2, -0.15) is 0 Å². The fraction of sp³-hybridized carbons (Fsp3) is 0. The first kappa shape index (κ1) is 25.7. The highest BCUT2D eigenvalue weighted by atomic mass is 16.4. The number of aromatic carboxylic acids is 1. The summed E-state index contributed by atoms with van der Waals surface area (Å²) >= 11 is 0. The van der Waals surface area contributed by atoms with Crippen LogP contribution in [0, 0.1) is 0 Å². The normalized spacial score (nSPS) is 10.6. The average Bonchev–Trinajstić information content (AvgIpc) is 3.04. The lowest BCUT2D eigenvalue weighted by Gasteiger charge is -2.26. The molecule has 0 aliphatic rings. The summed E-state index contributed by atoms with van der Waals surface area (Å²) in [5.74, 6) is -0.947. The van der Waals surface area contributed by atoms with E-state index < -0.39 is 5.97 Å². The highest BCUT2D eigenvalue weighted by Crippen LogP contribution is 2.37. The van der Waals surface area contributed by atoms with Crippen LogP contribution in [0.25, 0.3) is 11.1 Å². The number of carbonyl (C=O) groups is 1. The van der Waals surface area contributed by atoms with E-state index in [1.54, 1.807) is 18.2 Å². The largest absolute Gasteiger partial charge is 0.478 e. The maximum atomic E-state index is 11.7. The van der Waals surface area contributed by atoms with Gasteiger partial charge in [-0.15, -0.1) is 0 Å². The molecule has 0 unspecified atom stereocenters. The van der Waals surface area contributed by atoms with Crippen LogP contribution in [0.15, 0.2) is 164 Å². The SMILES string of the molecule is O=C(O)c1cccc(N(c2ccccc2)c2ccc(-c3ccc(N(c4ccccc4)c4ccccc4)cc3)cc2)c1. The zero-order valence-corrected chi connectivity index (χ0v) is 22.3. The van der Waals surface area contributed by atoms with Crippen LogP contribution in [0.3, 0.4) is 0 Å². The Morgan fingerprint density at radius 2 is 0.732 bits per heavy atom. The molecule has 0 fully saturated rings. The van der Waals surface area contributed by atoms with Crippen molar-refractivity contribution in [3.8, 4) is 11.1 Å². The summed E-state index contributed by atoms with van der Waals surface area (Å²) < 4.78 is 0. The molecule has 198 valence electrons. The van der Waals surface area contributed by atoms with Crippen molar-refractivity contribution in [3.63, 3.8) is 0 Å². The standard InChI is InChI=1S/C37H28N2O2/c40-37(41)30-11-10-18-36(27-30)39(33-16-8-3-9-17-33)35-25-21-29(22-26-35)28-19-23-34(24-20-28)38(31-12-4-1-5-13-31)32-14-6-2-7-15-32/h1-27H,(H,40,41). The second kappa shape index (κ2) is 11.6. The van der Waals surface area contributed by atoms with Gasteiger partial charge in [0, 0.05) is 34.1 Å². The molecule has 41 heavy (non-hydrogen) atoms. The van der Waals surface area contributed by atoms with E-state index in [0.29, 0.717) is 0 Å². The van der Waals surface area contributed by atoms with Crippen molar-refractivity contribution in [2.75, 3.05) is 9.80 Å². The topological polar surface area (TPSA) is 43.8 Å². The van der Waals surface area contributed by atoms with E-state index >= 15 is 0 Å². The molecule has 4 nitrogen and oxygen atoms in total. The average molecular weight is 533 g/mol. The van der Waals surface area contributed by atoms with Gasteiger partial charge in [0.2, 0.25) is 0 Å². The first-order valence-corrected chi connectivity index (χ1v) is 13.5. The minimum atomic E-state index is -0.947. The maximum Gasteiger partial charge on any atom is 0.335 e. The van der Waals surface area contributed by atoms with Gasteiger partial charge in [-0.25, -0.2) is 4.79 Å². The summed E-state index contributed by atoms with van der Waals surface area (Å²) in [5.41, 5.74) is 8.42. The fourth-order valence-electron chi connectivity index (χ4n) is 5.01. The molecule has 6 aromatic rings. The van der Waals surface area contributed by atoms with Crippen LogP contribution in [0.5, 0.6) is 0 Å². The van der Waals surface area contributed by atoms with E-state index in [9.17, 15) is 9.90 Å². The molecular weight excluding hydrogens is 504 g/mol. The summed E-state index contributed by atoms with van der Waals surface area (Å²) in [7, 11) is 0. The van der Waals surface area contributed by atoms with Gasteiger partial charge < -0.3 is 14.9 Å². The highest BCUT2D eigenvalue weighted by Gasteiger charge is 2.15. The van der Waals surface area contributed by atoms with E-state index in [1.165, 1.54) is 0 Å². The Labute approximate surface area is 240 Å². The van der Waals surface area contributed by atoms with Crippen LogP contribution in [0.1, 0.15) is 10.4 Å². The summed E-state index contributed by atoms with van der Waals surface area (Å²) in [4.78, 5) is 16.0. The van der Waals surface area contributed by atoms with Gasteiger partial charge in [0.15, 0.2) is 0 Å². The lowest BCUT2D eigenvalue weighted by molar-refractivity contribution is 0.0697. The van der Waals surface area contributed by atoms with Crippen LogP contribution in [-0.2, 0) is 0 Å². The molecule has 0 bridgehead atoms. The summed E-state index contributed by atoms with van der Waals surface area (Å²) in [6.45, 7) is 0. The predicted molar refractivity (Wildman–Crippen MR) is 168 cm³/mol. The van der Waals surface area contributed by atoms with Crippen LogP contribution in [0.4, 0.5) is 34.1 Å². The van der Waals surface area contributed by atoms with Crippen LogP contribution < -0.4 is 9.80 Å². The number of para-hydroxylation sites is 3. The molecule has 0 saturated carbocycles. The molecule has 0 aliphatic carbocycles. The molecule has 0 atom stereocenters. The van der Waals surface area contributed by atoms with Crippen molar-refractivity contribution in [3.05, 3.63) is 169 Å². The lowest BCUT2D eigenvalue weighted by Crippen LogP contribution is -2.10. The van der Waals surface area contributed by atoms with Gasteiger partial charge in [0.05, 0.1) is 5.56 Å². The molecule has 6 rings (SSSR count). The van der Waals surface area contributed by atoms with E-state index in [1.807, 2.05) is 48.5 Å². The van der Waals surface area contributed by atoms with Crippen molar-refractivity contribution in [2.24, 2.45) is 0 Å².